The summed E-state index contributed by atoms with van der Waals surface area (Å²) in [5, 5.41) is 13.6. The van der Waals surface area contributed by atoms with Crippen molar-refractivity contribution in [2.24, 2.45) is 0 Å². The summed E-state index contributed by atoms with van der Waals surface area (Å²) < 4.78 is 18.7. The first-order valence-corrected chi connectivity index (χ1v) is 10.3. The van der Waals surface area contributed by atoms with Gasteiger partial charge < -0.3 is 15.4 Å². The molecule has 1 aromatic heterocycles. The summed E-state index contributed by atoms with van der Waals surface area (Å²) in [7, 11) is 1.53. The van der Waals surface area contributed by atoms with Gasteiger partial charge in [0.25, 0.3) is 0 Å². The van der Waals surface area contributed by atoms with Crippen LogP contribution in [-0.2, 0) is 16.0 Å². The van der Waals surface area contributed by atoms with Gasteiger partial charge in [0.05, 0.1) is 25.0 Å². The highest BCUT2D eigenvalue weighted by Crippen LogP contribution is 2.27. The average molecular weight is 433 g/mol. The molecule has 3 aromatic rings. The maximum atomic E-state index is 12.9. The van der Waals surface area contributed by atoms with E-state index in [1.165, 1.54) is 42.3 Å². The van der Waals surface area contributed by atoms with Gasteiger partial charge in [-0.3, -0.25) is 9.59 Å². The Morgan fingerprint density at radius 3 is 2.59 bits per heavy atom. The molecule has 150 valence electrons. The minimum absolute atomic E-state index is 0.101. The molecule has 0 unspecified atom stereocenters. The fourth-order valence-electron chi connectivity index (χ4n) is 2.33. The number of carbonyl (C=O) groups excluding carboxylic acids is 2. The third-order valence-electron chi connectivity index (χ3n) is 3.64. The molecule has 0 aliphatic carbocycles. The molecule has 1 heterocycles. The molecule has 0 fully saturated rings. The van der Waals surface area contributed by atoms with E-state index in [0.29, 0.717) is 26.5 Å². The summed E-state index contributed by atoms with van der Waals surface area (Å²) in [5.41, 5.74) is 1.28. The van der Waals surface area contributed by atoms with Crippen LogP contribution in [0.1, 0.15) is 5.56 Å². The number of ether oxygens (including phenoxy) is 1. The number of methoxy groups -OCH3 is 1. The molecule has 0 saturated carbocycles. The van der Waals surface area contributed by atoms with Crippen molar-refractivity contribution >= 4 is 45.7 Å². The number of hydrogen-bond donors (Lipinski definition) is 2. The van der Waals surface area contributed by atoms with Crippen LogP contribution in [0.2, 0.25) is 0 Å². The number of benzene rings is 2. The first-order valence-electron chi connectivity index (χ1n) is 8.47. The number of hydrogen-bond acceptors (Lipinski definition) is 7. The van der Waals surface area contributed by atoms with Crippen LogP contribution in [0, 0.1) is 5.82 Å². The SMILES string of the molecule is COc1ccccc1NC(=O)CSc1nnc(NC(=O)Cc2ccc(F)cc2)s1. The van der Waals surface area contributed by atoms with Crippen molar-refractivity contribution in [1.82, 2.24) is 10.2 Å². The zero-order chi connectivity index (χ0) is 20.6. The lowest BCUT2D eigenvalue weighted by molar-refractivity contribution is -0.115. The van der Waals surface area contributed by atoms with Crippen molar-refractivity contribution < 1.29 is 18.7 Å². The molecular weight excluding hydrogens is 415 g/mol. The number of anilines is 2. The van der Waals surface area contributed by atoms with Crippen molar-refractivity contribution in [3.63, 3.8) is 0 Å². The Labute approximate surface area is 174 Å². The van der Waals surface area contributed by atoms with Crippen LogP contribution in [0.25, 0.3) is 0 Å². The van der Waals surface area contributed by atoms with E-state index in [2.05, 4.69) is 20.8 Å². The van der Waals surface area contributed by atoms with Gasteiger partial charge in [0.2, 0.25) is 16.9 Å². The molecule has 0 saturated heterocycles. The van der Waals surface area contributed by atoms with E-state index in [9.17, 15) is 14.0 Å². The Bertz CT molecular complexity index is 995. The van der Waals surface area contributed by atoms with Crippen molar-refractivity contribution in [3.05, 3.63) is 59.9 Å². The summed E-state index contributed by atoms with van der Waals surface area (Å²) in [6, 6.07) is 12.8. The number of nitrogens with one attached hydrogen (secondary N) is 2. The van der Waals surface area contributed by atoms with E-state index < -0.39 is 0 Å². The highest BCUT2D eigenvalue weighted by Gasteiger charge is 2.12. The van der Waals surface area contributed by atoms with Gasteiger partial charge in [0.1, 0.15) is 11.6 Å². The summed E-state index contributed by atoms with van der Waals surface area (Å²) in [6.45, 7) is 0. The molecular formula is C19H17FN4O3S2. The van der Waals surface area contributed by atoms with Gasteiger partial charge in [0, 0.05) is 0 Å². The molecule has 2 aromatic carbocycles. The van der Waals surface area contributed by atoms with Crippen LogP contribution >= 0.6 is 23.1 Å². The largest absolute Gasteiger partial charge is 0.495 e. The summed E-state index contributed by atoms with van der Waals surface area (Å²) in [4.78, 5) is 24.2. The predicted octanol–water partition coefficient (Wildman–Crippen LogP) is 3.60. The van der Waals surface area contributed by atoms with Gasteiger partial charge in [-0.05, 0) is 29.8 Å². The number of para-hydroxylation sites is 2. The zero-order valence-corrected chi connectivity index (χ0v) is 17.0. The summed E-state index contributed by atoms with van der Waals surface area (Å²) in [5.74, 6) is -0.131. The fraction of sp³-hybridized carbons (Fsp3) is 0.158. The maximum Gasteiger partial charge on any atom is 0.234 e. The van der Waals surface area contributed by atoms with Gasteiger partial charge in [-0.1, -0.05) is 47.4 Å². The molecule has 0 aliphatic heterocycles. The van der Waals surface area contributed by atoms with Crippen LogP contribution < -0.4 is 15.4 Å². The number of nitrogens with zero attached hydrogens (tertiary/aromatic N) is 2. The lowest BCUT2D eigenvalue weighted by Crippen LogP contribution is -2.14. The van der Waals surface area contributed by atoms with Crippen molar-refractivity contribution in [2.45, 2.75) is 10.8 Å². The van der Waals surface area contributed by atoms with Gasteiger partial charge in [-0.25, -0.2) is 4.39 Å². The number of halogens is 1. The van der Waals surface area contributed by atoms with Gasteiger partial charge in [0.15, 0.2) is 4.34 Å². The topological polar surface area (TPSA) is 93.2 Å². The zero-order valence-electron chi connectivity index (χ0n) is 15.3. The van der Waals surface area contributed by atoms with Crippen molar-refractivity contribution in [2.75, 3.05) is 23.5 Å². The lowest BCUT2D eigenvalue weighted by atomic mass is 10.1. The Morgan fingerprint density at radius 2 is 1.83 bits per heavy atom. The van der Waals surface area contributed by atoms with E-state index in [-0.39, 0.29) is 29.8 Å². The molecule has 0 atom stereocenters. The molecule has 0 radical (unpaired) electrons. The standard InChI is InChI=1S/C19H17FN4O3S2/c1-27-15-5-3-2-4-14(15)21-17(26)11-28-19-24-23-18(29-19)22-16(25)10-12-6-8-13(20)9-7-12/h2-9H,10-11H2,1H3,(H,21,26)(H,22,23,25). The second-order valence-corrected chi connectivity index (χ2v) is 7.96. The molecule has 3 rings (SSSR count). The number of aromatic nitrogens is 2. The normalized spacial score (nSPS) is 10.4. The van der Waals surface area contributed by atoms with Crippen LogP contribution in [0.15, 0.2) is 52.9 Å². The second kappa shape index (κ2) is 9.99. The van der Waals surface area contributed by atoms with Crippen LogP contribution in [0.3, 0.4) is 0 Å². The number of rotatable bonds is 8. The van der Waals surface area contributed by atoms with E-state index in [4.69, 9.17) is 4.74 Å². The number of thioether (sulfide) groups is 1. The van der Waals surface area contributed by atoms with E-state index in [0.717, 1.165) is 0 Å². The first kappa shape index (κ1) is 20.7. The summed E-state index contributed by atoms with van der Waals surface area (Å²) >= 11 is 2.39. The third kappa shape index (κ3) is 6.26. The van der Waals surface area contributed by atoms with Crippen LogP contribution in [0.5, 0.6) is 5.75 Å². The van der Waals surface area contributed by atoms with Gasteiger partial charge in [-0.2, -0.15) is 0 Å². The molecule has 0 bridgehead atoms. The highest BCUT2D eigenvalue weighted by atomic mass is 32.2. The summed E-state index contributed by atoms with van der Waals surface area (Å²) in [6.07, 6.45) is 0.101. The number of carbonyl (C=O) groups is 2. The first-order chi connectivity index (χ1) is 14.0. The molecule has 0 aliphatic rings. The fourth-order valence-corrected chi connectivity index (χ4v) is 3.90. The average Bonchev–Trinajstić information content (AvgIpc) is 3.16. The predicted molar refractivity (Wildman–Crippen MR) is 111 cm³/mol. The smallest absolute Gasteiger partial charge is 0.234 e. The molecule has 0 spiro atoms. The van der Waals surface area contributed by atoms with Gasteiger partial charge in [-0.15, -0.1) is 10.2 Å². The van der Waals surface area contributed by atoms with E-state index in [1.54, 1.807) is 30.3 Å². The molecule has 29 heavy (non-hydrogen) atoms. The van der Waals surface area contributed by atoms with E-state index >= 15 is 0 Å². The Kier molecular flexibility index (Phi) is 7.14. The minimum atomic E-state index is -0.352. The molecule has 7 nitrogen and oxygen atoms in total. The quantitative estimate of drug-likeness (QED) is 0.417. The monoisotopic (exact) mass is 432 g/mol. The Hall–Kier alpha value is -2.98. The lowest BCUT2D eigenvalue weighted by Gasteiger charge is -2.08. The van der Waals surface area contributed by atoms with Crippen LogP contribution in [-0.4, -0.2) is 34.9 Å². The number of amides is 2. The maximum absolute atomic E-state index is 12.9. The van der Waals surface area contributed by atoms with Crippen molar-refractivity contribution in [1.29, 1.82) is 0 Å². The highest BCUT2D eigenvalue weighted by molar-refractivity contribution is 8.01. The minimum Gasteiger partial charge on any atom is -0.495 e. The molecule has 10 heteroatoms. The Morgan fingerprint density at radius 1 is 1.07 bits per heavy atom. The Balaban J connectivity index is 1.47. The van der Waals surface area contributed by atoms with Crippen molar-refractivity contribution in [3.8, 4) is 5.75 Å². The third-order valence-corrected chi connectivity index (χ3v) is 5.61. The van der Waals surface area contributed by atoms with Crippen LogP contribution in [0.4, 0.5) is 15.2 Å². The van der Waals surface area contributed by atoms with Gasteiger partial charge >= 0.3 is 0 Å². The second-order valence-electron chi connectivity index (χ2n) is 5.76. The molecule has 2 amide bonds. The molecule has 2 N–H and O–H groups in total. The van der Waals surface area contributed by atoms with E-state index in [1.807, 2.05) is 6.07 Å².